The van der Waals surface area contributed by atoms with Crippen LogP contribution in [0.3, 0.4) is 0 Å². The molecule has 358 valence electrons. The summed E-state index contributed by atoms with van der Waals surface area (Å²) >= 11 is 0. The number of hydrogen-bond acceptors (Lipinski definition) is 14. The Morgan fingerprint density at radius 1 is 0.870 bits per heavy atom. The van der Waals surface area contributed by atoms with Crippen LogP contribution in [0.2, 0.25) is 0 Å². The van der Waals surface area contributed by atoms with Gasteiger partial charge < -0.3 is 44.2 Å². The van der Waals surface area contributed by atoms with E-state index in [0.717, 1.165) is 47.2 Å². The van der Waals surface area contributed by atoms with Gasteiger partial charge in [-0.1, -0.05) is 76.7 Å². The fraction of sp³-hybridized carbons (Fsp3) is 0.327. The van der Waals surface area contributed by atoms with Gasteiger partial charge in [-0.3, -0.25) is 19.2 Å². The van der Waals surface area contributed by atoms with Crippen LogP contribution in [0.5, 0.6) is 23.0 Å². The van der Waals surface area contributed by atoms with Crippen molar-refractivity contribution in [1.82, 2.24) is 9.96 Å². The number of carbonyl (C=O) groups is 5. The molecule has 1 aliphatic carbocycles. The Morgan fingerprint density at radius 2 is 1.59 bits per heavy atom. The number of benzene rings is 4. The molecule has 4 heterocycles. The lowest BCUT2D eigenvalue weighted by Crippen LogP contribution is -2.39. The highest BCUT2D eigenvalue weighted by molar-refractivity contribution is 8.76. The summed E-state index contributed by atoms with van der Waals surface area (Å²) in [6.07, 6.45) is 10.8. The van der Waals surface area contributed by atoms with Crippen LogP contribution in [0.1, 0.15) is 81.5 Å². The number of nitrogens with one attached hydrogen (secondary N) is 2. The zero-order valence-corrected chi connectivity index (χ0v) is 40.1. The predicted molar refractivity (Wildman–Crippen MR) is 266 cm³/mol. The second-order valence-electron chi connectivity index (χ2n) is 17.1. The van der Waals surface area contributed by atoms with Gasteiger partial charge in [-0.15, -0.1) is 5.06 Å². The minimum Gasteiger partial charge on any atom is -0.493 e. The average Bonchev–Trinajstić information content (AvgIpc) is 4.04. The molecule has 0 bridgehead atoms. The third-order valence-corrected chi connectivity index (χ3v) is 15.1. The van der Waals surface area contributed by atoms with Crippen molar-refractivity contribution in [2.75, 3.05) is 48.6 Å². The number of para-hydroxylation sites is 1. The van der Waals surface area contributed by atoms with Gasteiger partial charge in [0.05, 0.1) is 48.8 Å². The number of likely N-dealkylation sites (tertiary alicyclic amines) is 1. The van der Waals surface area contributed by atoms with Crippen molar-refractivity contribution in [2.24, 2.45) is 0 Å². The van der Waals surface area contributed by atoms with Gasteiger partial charge >= 0.3 is 5.97 Å². The van der Waals surface area contributed by atoms with Crippen molar-refractivity contribution in [3.63, 3.8) is 0 Å². The first-order valence-electron chi connectivity index (χ1n) is 22.9. The smallest absolute Gasteiger partial charge is 0.333 e. The van der Waals surface area contributed by atoms with Crippen molar-refractivity contribution in [1.29, 1.82) is 0 Å². The number of nitrogens with zero attached hydrogens (tertiary/aromatic N) is 3. The van der Waals surface area contributed by atoms with Gasteiger partial charge in [0.25, 0.3) is 23.6 Å². The van der Waals surface area contributed by atoms with Gasteiger partial charge in [0.2, 0.25) is 0 Å². The van der Waals surface area contributed by atoms with Crippen molar-refractivity contribution < 1.29 is 47.8 Å². The van der Waals surface area contributed by atoms with E-state index in [4.69, 9.17) is 23.8 Å². The van der Waals surface area contributed by atoms with Gasteiger partial charge in [0, 0.05) is 61.7 Å². The lowest BCUT2D eigenvalue weighted by atomic mass is 9.99. The molecular weight excluding hydrogens is 919 g/mol. The first kappa shape index (κ1) is 47.2. The summed E-state index contributed by atoms with van der Waals surface area (Å²) in [6.45, 7) is 5.40. The number of methoxy groups -OCH3 is 2. The molecule has 0 spiro atoms. The van der Waals surface area contributed by atoms with Crippen molar-refractivity contribution in [2.45, 2.75) is 76.0 Å². The highest BCUT2D eigenvalue weighted by Gasteiger charge is 2.38. The molecule has 9 rings (SSSR count). The zero-order chi connectivity index (χ0) is 48.0. The normalized spacial score (nSPS) is 17.8. The molecule has 2 fully saturated rings. The standard InChI is InChI=1S/C52H53N5O10S2/c1-4-53-40-26-46(44(63-2)24-38(40)51(61)55-18-17-35-10-5-7-12-42(35)55)65-29-32-20-33(22-34(21-32)31-69-68-19-9-14-50(60)67-57-48(58)15-16-49(57)59)30-66-47-27-41-39(25-45(47)64-3)52(62)56-37(28-54-41)23-36-11-6-8-13-43(36)56/h4-8,10-11,13,20-22,24-27,37,42,53-54H,1,9,12,14-19,23,28-31H2,2-3H3/t37-,42?/m0/s1. The molecule has 4 amide bonds. The molecule has 0 radical (unpaired) electrons. The molecule has 5 aliphatic rings. The van der Waals surface area contributed by atoms with E-state index < -0.39 is 17.8 Å². The van der Waals surface area contributed by atoms with Gasteiger partial charge in [0.1, 0.15) is 13.2 Å². The van der Waals surface area contributed by atoms with Crippen LogP contribution in [0.15, 0.2) is 103 Å². The summed E-state index contributed by atoms with van der Waals surface area (Å²) in [5.74, 6) is 1.18. The molecule has 0 aromatic heterocycles. The van der Waals surface area contributed by atoms with Crippen molar-refractivity contribution >= 4 is 68.2 Å². The minimum absolute atomic E-state index is 0.0206. The van der Waals surface area contributed by atoms with Crippen LogP contribution < -0.4 is 34.5 Å². The van der Waals surface area contributed by atoms with Gasteiger partial charge in [-0.25, -0.2) is 4.79 Å². The van der Waals surface area contributed by atoms with Crippen LogP contribution >= 0.6 is 21.6 Å². The summed E-state index contributed by atoms with van der Waals surface area (Å²) in [5.41, 5.74) is 8.23. The molecule has 15 nitrogen and oxygen atoms in total. The van der Waals surface area contributed by atoms with Crippen molar-refractivity contribution in [3.8, 4) is 23.0 Å². The van der Waals surface area contributed by atoms with E-state index in [1.54, 1.807) is 54.0 Å². The first-order chi connectivity index (χ1) is 33.6. The fourth-order valence-corrected chi connectivity index (χ4v) is 11.5. The van der Waals surface area contributed by atoms with Crippen LogP contribution in [0, 0.1) is 0 Å². The zero-order valence-electron chi connectivity index (χ0n) is 38.5. The Hall–Kier alpha value is -6.85. The number of hydrogen-bond donors (Lipinski definition) is 2. The van der Waals surface area contributed by atoms with E-state index in [2.05, 4.69) is 53.6 Å². The van der Waals surface area contributed by atoms with Gasteiger partial charge in [-0.2, -0.15) is 0 Å². The highest BCUT2D eigenvalue weighted by Crippen LogP contribution is 2.42. The minimum atomic E-state index is -0.619. The number of amides is 4. The SMILES string of the molecule is C=CNc1cc(OCc2cc(COc3cc4c(cc3OC)C(=O)N3c5ccccc5C[C@H]3CN4)cc(CSSCCCC(=O)ON3C(=O)CCC3=O)c2)c(OC)cc1C(=O)N1CCC2=CC=CCC21. The number of carbonyl (C=O) groups excluding carboxylic acids is 5. The third kappa shape index (κ3) is 10.3. The molecule has 1 unspecified atom stereocenters. The Labute approximate surface area is 408 Å². The van der Waals surface area contributed by atoms with Gasteiger partial charge in [-0.05, 0) is 84.0 Å². The summed E-state index contributed by atoms with van der Waals surface area (Å²) in [7, 11) is 6.32. The summed E-state index contributed by atoms with van der Waals surface area (Å²) in [4.78, 5) is 73.0. The monoisotopic (exact) mass is 971 g/mol. The molecule has 2 N–H and O–H groups in total. The summed E-state index contributed by atoms with van der Waals surface area (Å²) in [5, 5.41) is 7.22. The Morgan fingerprint density at radius 3 is 2.35 bits per heavy atom. The molecule has 4 aromatic carbocycles. The number of anilines is 3. The first-order valence-corrected chi connectivity index (χ1v) is 25.4. The van der Waals surface area contributed by atoms with E-state index in [-0.39, 0.29) is 56.4 Å². The average molecular weight is 972 g/mol. The Bertz CT molecular complexity index is 2740. The molecule has 4 aromatic rings. The number of allylic oxidation sites excluding steroid dienone is 2. The second kappa shape index (κ2) is 21.2. The van der Waals surface area contributed by atoms with E-state index in [1.807, 2.05) is 40.1 Å². The Kier molecular flexibility index (Phi) is 14.5. The van der Waals surface area contributed by atoms with E-state index in [1.165, 1.54) is 11.8 Å². The number of ether oxygens (including phenoxy) is 4. The number of imide groups is 1. The van der Waals surface area contributed by atoms with Crippen LogP contribution in [0.25, 0.3) is 0 Å². The number of hydroxylamine groups is 2. The highest BCUT2D eigenvalue weighted by atomic mass is 33.1. The summed E-state index contributed by atoms with van der Waals surface area (Å²) in [6, 6.07) is 21.2. The molecule has 69 heavy (non-hydrogen) atoms. The lowest BCUT2D eigenvalue weighted by molar-refractivity contribution is -0.197. The van der Waals surface area contributed by atoms with E-state index >= 15 is 0 Å². The molecule has 2 atom stereocenters. The lowest BCUT2D eigenvalue weighted by Gasteiger charge is -2.27. The topological polar surface area (TPSA) is 165 Å². The van der Waals surface area contributed by atoms with Gasteiger partial charge in [0.15, 0.2) is 23.0 Å². The van der Waals surface area contributed by atoms with Crippen LogP contribution in [0.4, 0.5) is 17.1 Å². The molecular formula is C52H53N5O10S2. The fourth-order valence-electron chi connectivity index (χ4n) is 9.35. The predicted octanol–water partition coefficient (Wildman–Crippen LogP) is 8.78. The maximum absolute atomic E-state index is 14.1. The van der Waals surface area contributed by atoms with E-state index in [0.29, 0.717) is 81.6 Å². The van der Waals surface area contributed by atoms with Crippen LogP contribution in [-0.2, 0) is 44.6 Å². The number of rotatable bonds is 19. The largest absolute Gasteiger partial charge is 0.493 e. The van der Waals surface area contributed by atoms with E-state index in [9.17, 15) is 24.0 Å². The molecule has 2 saturated heterocycles. The van der Waals surface area contributed by atoms with Crippen molar-refractivity contribution in [3.05, 3.63) is 137 Å². The second-order valence-corrected chi connectivity index (χ2v) is 19.7. The van der Waals surface area contributed by atoms with Crippen LogP contribution in [-0.4, -0.2) is 84.7 Å². The maximum atomic E-state index is 14.1. The molecule has 0 saturated carbocycles. The molecule has 17 heteroatoms. The Balaban J connectivity index is 0.912. The summed E-state index contributed by atoms with van der Waals surface area (Å²) < 4.78 is 24.6. The third-order valence-electron chi connectivity index (χ3n) is 12.7. The molecule has 4 aliphatic heterocycles. The number of fused-ring (bicyclic) bond motifs is 5. The quantitative estimate of drug-likeness (QED) is 0.0520. The maximum Gasteiger partial charge on any atom is 0.333 e.